The number of anilines is 2. The molecule has 0 saturated heterocycles. The van der Waals surface area contributed by atoms with Crippen molar-refractivity contribution < 1.29 is 60.9 Å². The van der Waals surface area contributed by atoms with E-state index >= 15 is 0 Å². The van der Waals surface area contributed by atoms with Gasteiger partial charge in [0.2, 0.25) is 0 Å². The predicted molar refractivity (Wildman–Crippen MR) is 562 cm³/mol. The van der Waals surface area contributed by atoms with Crippen LogP contribution in [0.5, 0.6) is 0 Å². The van der Waals surface area contributed by atoms with Crippen LogP contribution in [0.2, 0.25) is 0 Å². The van der Waals surface area contributed by atoms with Crippen LogP contribution in [0.3, 0.4) is 0 Å². The molecule has 14 aromatic rings. The number of benzene rings is 6. The van der Waals surface area contributed by atoms with Gasteiger partial charge in [-0.2, -0.15) is 15.3 Å². The monoisotopic (exact) mass is 2010 g/mol. The number of ketones is 2. The Hall–Kier alpha value is -13.7. The van der Waals surface area contributed by atoms with Crippen molar-refractivity contribution >= 4 is 155 Å². The van der Waals surface area contributed by atoms with Gasteiger partial charge in [0.25, 0.3) is 16.7 Å². The molecule has 0 aliphatic rings. The van der Waals surface area contributed by atoms with E-state index in [1.807, 2.05) is 266 Å². The Balaban J connectivity index is 0.000000545. The van der Waals surface area contributed by atoms with E-state index in [0.29, 0.717) is 107 Å². The average Bonchev–Trinajstić information content (AvgIpc) is 0.763. The molecule has 33 nitrogen and oxygen atoms in total. The molecule has 0 atom stereocenters. The number of sulfone groups is 1. The molecule has 0 saturated carbocycles. The number of H-pyrrole nitrogens is 3. The number of hydrogen-bond donors (Lipinski definition) is 4. The summed E-state index contributed by atoms with van der Waals surface area (Å²) >= 11 is 6.87. The van der Waals surface area contributed by atoms with E-state index in [1.165, 1.54) is 92.2 Å². The Labute approximate surface area is 832 Å². The lowest BCUT2D eigenvalue weighted by atomic mass is 10.2. The van der Waals surface area contributed by atoms with E-state index in [-0.39, 0.29) is 80.3 Å². The standard InChI is InChI=1S/C18H13N5O.C15H16N2O2S.C14H12N2O3S.C13H10N4O3S.C13H10N4OS.C9H14O3S2.C6H10O3.6C2H6/c24-18-15-14(11-19-23-18)21-16(12-7-3-1-4-8-12)22-17(15)20-13-9-5-2-6-10-13;1-4-19-15(18)12-10(2)16-13(17-14(12)20-3)11-8-6-5-7-9-11;1-19-14(18)11-10(8-17)15-12(16-13(11)20-2)9-6-4-3-5-7-9;1-21(19,20)13-10-9(7-14-17-12(10)18)15-11(16-13)8-5-3-2-4-6-8;1-19-13-10-9(7-14-17-12(10)18)15-11(16-13)8-5-3-2-4-6-8;1-5-12-8(11)7(6(2)10)9(13-3)14-4;1-3-9-6(8)4-5(2)7;6*1-2/h1-11H,(H,23,24)(H,20,21,22);5-9H,4H2,1-3H3;3-8H,1-2H3;2-7H,1H3,(H,17,18);2-7H,1H3,(H,17,18);5H2,1-4H3;3-4H2,1-2H3;6*1-2H3. The number of nitrogens with one attached hydrogen (secondary N) is 4. The van der Waals surface area contributed by atoms with Crippen LogP contribution in [0.4, 0.5) is 11.5 Å². The van der Waals surface area contributed by atoms with Crippen LogP contribution < -0.4 is 22.0 Å². The number of carbonyl (C=O) groups is 7. The minimum absolute atomic E-state index is 0.0371. The van der Waals surface area contributed by atoms with Gasteiger partial charge in [0.15, 0.2) is 56.1 Å². The summed E-state index contributed by atoms with van der Waals surface area (Å²) in [5.41, 5.74) is 6.41. The molecule has 0 spiro atoms. The van der Waals surface area contributed by atoms with Crippen molar-refractivity contribution in [1.29, 1.82) is 0 Å². The van der Waals surface area contributed by atoms with Crippen molar-refractivity contribution in [3.8, 4) is 56.9 Å². The van der Waals surface area contributed by atoms with Crippen molar-refractivity contribution in [2.75, 3.05) is 69.8 Å². The molecule has 0 fully saturated rings. The zero-order valence-corrected chi connectivity index (χ0v) is 87.7. The van der Waals surface area contributed by atoms with Gasteiger partial charge in [-0.25, -0.2) is 87.9 Å². The van der Waals surface area contributed by atoms with Gasteiger partial charge in [0.05, 0.1) is 55.5 Å². The molecule has 39 heteroatoms. The number of para-hydroxylation sites is 1. The SMILES string of the molecule is CC.CC.CC.CC.CC.CC.CCOC(=O)C(C(C)=O)=C(SC)SC.CCOC(=O)CC(C)=O.CCOC(=O)c1c(C)nc(-c2ccccc2)nc1SC.COC(=O)c1c(C=O)nc(-c2ccccc2)nc1SC.CS(=O)(=O)c1nc(-c2ccccc2)nc2cn[nH]c(=O)c12.CSc1nc(-c2ccccc2)nc2cn[nH]c(=O)c12.O=c1[nH]ncc2nc(-c3ccccc3)nc(Nc3ccccc3)c12. The zero-order chi connectivity index (χ0) is 104. The minimum atomic E-state index is -3.68. The molecule has 8 heterocycles. The Bertz CT molecular complexity index is 6540. The maximum atomic E-state index is 12.2. The largest absolute Gasteiger partial charge is 0.466 e. The summed E-state index contributed by atoms with van der Waals surface area (Å²) in [6.07, 6.45) is 15.0. The number of rotatable bonds is 23. The lowest BCUT2D eigenvalue weighted by Gasteiger charge is -2.11. The average molecular weight is 2010 g/mol. The first-order valence-electron chi connectivity index (χ1n) is 44.0. The van der Waals surface area contributed by atoms with E-state index in [2.05, 4.69) is 95.2 Å². The Morgan fingerprint density at radius 2 is 0.763 bits per heavy atom. The number of aromatic nitrogens is 16. The van der Waals surface area contributed by atoms with Crippen LogP contribution in [-0.4, -0.2) is 195 Å². The first-order chi connectivity index (χ1) is 67.2. The molecule has 14 rings (SSSR count). The van der Waals surface area contributed by atoms with Gasteiger partial charge in [0.1, 0.15) is 88.2 Å². The highest BCUT2D eigenvalue weighted by molar-refractivity contribution is 8.21. The molecule has 0 radical (unpaired) electrons. The summed E-state index contributed by atoms with van der Waals surface area (Å²) in [4.78, 5) is 158. The molecule has 0 aliphatic heterocycles. The van der Waals surface area contributed by atoms with Crippen molar-refractivity contribution in [3.63, 3.8) is 0 Å². The number of aldehydes is 1. The fraction of sp³-hybridized carbons (Fsp3) is 0.290. The van der Waals surface area contributed by atoms with Crippen molar-refractivity contribution in [3.05, 3.63) is 264 Å². The molecule has 0 amide bonds. The predicted octanol–water partition coefficient (Wildman–Crippen LogP) is 20.6. The van der Waals surface area contributed by atoms with Crippen LogP contribution in [0.1, 0.15) is 161 Å². The van der Waals surface area contributed by atoms with Crippen LogP contribution in [0.25, 0.3) is 89.6 Å². The molecule has 6 aromatic carbocycles. The van der Waals surface area contributed by atoms with Crippen LogP contribution in [0.15, 0.2) is 245 Å². The number of aryl methyl sites for hydroxylation is 1. The Kier molecular flexibility index (Phi) is 58.9. The van der Waals surface area contributed by atoms with Gasteiger partial charge < -0.3 is 24.3 Å². The van der Waals surface area contributed by atoms with E-state index in [9.17, 15) is 56.4 Å². The summed E-state index contributed by atoms with van der Waals surface area (Å²) in [5, 5.41) is 23.7. The quantitative estimate of drug-likeness (QED) is 0.00675. The third-order valence-corrected chi connectivity index (χ3v) is 21.9. The Morgan fingerprint density at radius 3 is 1.13 bits per heavy atom. The second-order valence-corrected chi connectivity index (χ2v) is 31.7. The van der Waals surface area contributed by atoms with Gasteiger partial charge in [-0.3, -0.25) is 33.6 Å². The maximum absolute atomic E-state index is 12.2. The van der Waals surface area contributed by atoms with Gasteiger partial charge in [-0.1, -0.05) is 253 Å². The summed E-state index contributed by atoms with van der Waals surface area (Å²) in [5.74, 6) is 0.498. The molecule has 738 valence electrons. The number of Topliss-reactive ketones (excluding diaryl/α,β-unsaturated/α-hetero) is 2. The fourth-order valence-electron chi connectivity index (χ4n) is 11.1. The van der Waals surface area contributed by atoms with Gasteiger partial charge >= 0.3 is 23.9 Å². The normalized spacial score (nSPS) is 9.79. The second-order valence-electron chi connectivity index (χ2n) is 25.5. The third-order valence-electron chi connectivity index (χ3n) is 16.7. The number of methoxy groups -OCH3 is 1. The van der Waals surface area contributed by atoms with Crippen LogP contribution in [-0.2, 0) is 48.0 Å². The number of esters is 4. The highest BCUT2D eigenvalue weighted by Gasteiger charge is 2.26. The molecule has 8 aromatic heterocycles. The summed E-state index contributed by atoms with van der Waals surface area (Å²) in [6, 6.07) is 56.8. The molecular formula is C100H121N17O16S6. The number of nitrogens with zero attached hydrogens (tertiary/aromatic N) is 13. The second kappa shape index (κ2) is 67.5. The fourth-order valence-corrected chi connectivity index (χ4v) is 15.2. The van der Waals surface area contributed by atoms with E-state index in [0.717, 1.165) is 34.2 Å². The van der Waals surface area contributed by atoms with E-state index in [4.69, 9.17) is 9.47 Å². The van der Waals surface area contributed by atoms with Crippen molar-refractivity contribution in [1.82, 2.24) is 80.4 Å². The number of aromatic amines is 3. The summed E-state index contributed by atoms with van der Waals surface area (Å²) < 4.78 is 43.6. The third kappa shape index (κ3) is 37.9. The molecule has 4 N–H and O–H groups in total. The summed E-state index contributed by atoms with van der Waals surface area (Å²) in [6.45, 7) is 34.7. The highest BCUT2D eigenvalue weighted by Crippen LogP contribution is 2.32. The smallest absolute Gasteiger partial charge is 0.343 e. The lowest BCUT2D eigenvalue weighted by molar-refractivity contribution is -0.145. The topological polar surface area (TPSA) is 469 Å². The van der Waals surface area contributed by atoms with E-state index < -0.39 is 33.3 Å². The minimum Gasteiger partial charge on any atom is -0.466 e. The van der Waals surface area contributed by atoms with Crippen molar-refractivity contribution in [2.45, 2.75) is 151 Å². The molecule has 0 aliphatic carbocycles. The van der Waals surface area contributed by atoms with Gasteiger partial charge in [-0.05, 0) is 85.0 Å². The first-order valence-corrected chi connectivity index (χ1v) is 52.1. The number of fused-ring (bicyclic) bond motifs is 3. The molecular weight excluding hydrogens is 1890 g/mol. The maximum Gasteiger partial charge on any atom is 0.343 e. The number of carbonyl (C=O) groups excluding carboxylic acids is 7. The highest BCUT2D eigenvalue weighted by atomic mass is 32.2. The summed E-state index contributed by atoms with van der Waals surface area (Å²) in [7, 11) is -2.43. The van der Waals surface area contributed by atoms with Gasteiger partial charge in [-0.15, -0.1) is 58.8 Å². The molecule has 0 bridgehead atoms. The number of ether oxygens (including phenoxy) is 4. The van der Waals surface area contributed by atoms with E-state index in [1.54, 1.807) is 64.4 Å². The zero-order valence-electron chi connectivity index (χ0n) is 82.8. The molecule has 0 unspecified atom stereocenters. The Morgan fingerprint density at radius 1 is 0.417 bits per heavy atom. The van der Waals surface area contributed by atoms with Crippen LogP contribution in [0, 0.1) is 6.92 Å². The number of thioether (sulfide) groups is 5. The van der Waals surface area contributed by atoms with Crippen LogP contribution >= 0.6 is 58.8 Å². The van der Waals surface area contributed by atoms with Gasteiger partial charge in [0, 0.05) is 39.8 Å². The molecule has 139 heavy (non-hydrogen) atoms. The number of hydrogen-bond acceptors (Lipinski definition) is 35. The lowest BCUT2D eigenvalue weighted by Crippen LogP contribution is -2.15. The van der Waals surface area contributed by atoms with Crippen molar-refractivity contribution in [2.24, 2.45) is 0 Å². The first kappa shape index (κ1) is 121.